The Kier molecular flexibility index (Phi) is 2.91. The molecule has 2 heterocycles. The van der Waals surface area contributed by atoms with Crippen LogP contribution in [0.1, 0.15) is 17.4 Å². The summed E-state index contributed by atoms with van der Waals surface area (Å²) in [6, 6.07) is 11.2. The first-order chi connectivity index (χ1) is 9.29. The Balaban J connectivity index is 2.09. The van der Waals surface area contributed by atoms with E-state index < -0.39 is 0 Å². The zero-order chi connectivity index (χ0) is 13.2. The van der Waals surface area contributed by atoms with Crippen molar-refractivity contribution in [3.8, 4) is 0 Å². The Labute approximate surface area is 110 Å². The van der Waals surface area contributed by atoms with Crippen molar-refractivity contribution in [2.75, 3.05) is 5.73 Å². The van der Waals surface area contributed by atoms with Crippen molar-refractivity contribution in [2.45, 2.75) is 6.04 Å². The summed E-state index contributed by atoms with van der Waals surface area (Å²) < 4.78 is 5.80. The van der Waals surface area contributed by atoms with E-state index >= 15 is 0 Å². The van der Waals surface area contributed by atoms with E-state index in [1.807, 2.05) is 30.3 Å². The molecule has 1 unspecified atom stereocenters. The van der Waals surface area contributed by atoms with Gasteiger partial charge in [-0.05, 0) is 18.2 Å². The molecule has 0 aliphatic carbocycles. The second-order valence-electron chi connectivity index (χ2n) is 4.29. The van der Waals surface area contributed by atoms with Gasteiger partial charge in [-0.15, -0.1) is 0 Å². The summed E-state index contributed by atoms with van der Waals surface area (Å²) >= 11 is 0. The summed E-state index contributed by atoms with van der Waals surface area (Å²) in [5.74, 6) is 6.35. The number of hydrazine groups is 1. The van der Waals surface area contributed by atoms with Crippen molar-refractivity contribution in [2.24, 2.45) is 5.84 Å². The van der Waals surface area contributed by atoms with Crippen LogP contribution in [-0.4, -0.2) is 4.98 Å². The SMILES string of the molecule is NNC(c1cc2ccccc2o1)c1cnccc1N. The normalized spacial score (nSPS) is 12.7. The molecule has 1 atom stereocenters. The molecular formula is C14H14N4O. The van der Waals surface area contributed by atoms with Crippen LogP contribution in [0.25, 0.3) is 11.0 Å². The predicted octanol–water partition coefficient (Wildman–Crippen LogP) is 1.96. The van der Waals surface area contributed by atoms with E-state index in [2.05, 4.69) is 10.4 Å². The quantitative estimate of drug-likeness (QED) is 0.491. The van der Waals surface area contributed by atoms with Gasteiger partial charge in [0.1, 0.15) is 17.4 Å². The highest BCUT2D eigenvalue weighted by atomic mass is 16.3. The summed E-state index contributed by atoms with van der Waals surface area (Å²) in [6.45, 7) is 0. The number of hydrogen-bond acceptors (Lipinski definition) is 5. The van der Waals surface area contributed by atoms with Crippen LogP contribution in [0, 0.1) is 0 Å². The molecule has 0 saturated carbocycles. The van der Waals surface area contributed by atoms with Gasteiger partial charge >= 0.3 is 0 Å². The minimum Gasteiger partial charge on any atom is -0.459 e. The van der Waals surface area contributed by atoms with Crippen molar-refractivity contribution in [3.05, 3.63) is 60.1 Å². The molecule has 5 N–H and O–H groups in total. The van der Waals surface area contributed by atoms with Gasteiger partial charge in [-0.2, -0.15) is 0 Å². The van der Waals surface area contributed by atoms with E-state index in [1.165, 1.54) is 0 Å². The molecule has 0 aliphatic heterocycles. The van der Waals surface area contributed by atoms with Crippen molar-refractivity contribution in [1.29, 1.82) is 0 Å². The average molecular weight is 254 g/mol. The highest BCUT2D eigenvalue weighted by Gasteiger charge is 2.19. The topological polar surface area (TPSA) is 90.1 Å². The van der Waals surface area contributed by atoms with Gasteiger partial charge in [-0.3, -0.25) is 10.8 Å². The predicted molar refractivity (Wildman–Crippen MR) is 74.0 cm³/mol. The molecule has 0 spiro atoms. The lowest BCUT2D eigenvalue weighted by atomic mass is 10.1. The van der Waals surface area contributed by atoms with E-state index in [-0.39, 0.29) is 6.04 Å². The number of furan rings is 1. The standard InChI is InChI=1S/C14H14N4O/c15-11-5-6-17-8-10(11)14(18-16)13-7-9-3-1-2-4-12(9)19-13/h1-8,14,18H,16H2,(H2,15,17). The number of nitrogens with two attached hydrogens (primary N) is 2. The molecule has 0 radical (unpaired) electrons. The Morgan fingerprint density at radius 2 is 2.05 bits per heavy atom. The molecule has 0 bridgehead atoms. The van der Waals surface area contributed by atoms with E-state index in [1.54, 1.807) is 18.5 Å². The molecule has 19 heavy (non-hydrogen) atoms. The Bertz CT molecular complexity index is 674. The fraction of sp³-hybridized carbons (Fsp3) is 0.0714. The van der Waals surface area contributed by atoms with Crippen molar-refractivity contribution < 1.29 is 4.42 Å². The molecule has 3 rings (SSSR count). The van der Waals surface area contributed by atoms with Crippen molar-refractivity contribution >= 4 is 16.7 Å². The largest absolute Gasteiger partial charge is 0.459 e. The Morgan fingerprint density at radius 1 is 1.21 bits per heavy atom. The number of para-hydroxylation sites is 1. The number of nitrogen functional groups attached to an aromatic ring is 1. The molecule has 0 aliphatic rings. The summed E-state index contributed by atoms with van der Waals surface area (Å²) in [6.07, 6.45) is 3.33. The molecule has 0 saturated heterocycles. The first kappa shape index (κ1) is 11.7. The number of rotatable bonds is 3. The molecular weight excluding hydrogens is 240 g/mol. The van der Waals surface area contributed by atoms with E-state index in [0.29, 0.717) is 11.4 Å². The smallest absolute Gasteiger partial charge is 0.134 e. The molecule has 3 aromatic rings. The maximum Gasteiger partial charge on any atom is 0.134 e. The zero-order valence-electron chi connectivity index (χ0n) is 10.2. The number of anilines is 1. The van der Waals surface area contributed by atoms with Gasteiger partial charge in [0, 0.05) is 29.0 Å². The number of benzene rings is 1. The zero-order valence-corrected chi connectivity index (χ0v) is 10.2. The fourth-order valence-electron chi connectivity index (χ4n) is 2.13. The first-order valence-electron chi connectivity index (χ1n) is 5.93. The minimum atomic E-state index is -0.318. The fourth-order valence-corrected chi connectivity index (χ4v) is 2.13. The first-order valence-corrected chi connectivity index (χ1v) is 5.93. The summed E-state index contributed by atoms with van der Waals surface area (Å²) in [5.41, 5.74) is 10.9. The molecule has 5 heteroatoms. The lowest BCUT2D eigenvalue weighted by Gasteiger charge is -2.15. The highest BCUT2D eigenvalue weighted by molar-refractivity contribution is 5.78. The molecule has 0 fully saturated rings. The van der Waals surface area contributed by atoms with Gasteiger partial charge in [0.2, 0.25) is 0 Å². The lowest BCUT2D eigenvalue weighted by Crippen LogP contribution is -2.29. The third-order valence-corrected chi connectivity index (χ3v) is 3.09. The third kappa shape index (κ3) is 2.05. The summed E-state index contributed by atoms with van der Waals surface area (Å²) in [7, 11) is 0. The Morgan fingerprint density at radius 3 is 2.79 bits per heavy atom. The average Bonchev–Trinajstić information content (AvgIpc) is 2.85. The van der Waals surface area contributed by atoms with E-state index in [4.69, 9.17) is 16.0 Å². The molecule has 96 valence electrons. The number of aromatic nitrogens is 1. The minimum absolute atomic E-state index is 0.318. The molecule has 2 aromatic heterocycles. The van der Waals surface area contributed by atoms with Crippen LogP contribution < -0.4 is 17.0 Å². The highest BCUT2D eigenvalue weighted by Crippen LogP contribution is 2.29. The van der Waals surface area contributed by atoms with E-state index in [9.17, 15) is 0 Å². The lowest BCUT2D eigenvalue weighted by molar-refractivity contribution is 0.477. The maximum absolute atomic E-state index is 5.95. The second kappa shape index (κ2) is 4.72. The summed E-state index contributed by atoms with van der Waals surface area (Å²) in [4.78, 5) is 4.08. The monoisotopic (exact) mass is 254 g/mol. The number of nitrogens with zero attached hydrogens (tertiary/aromatic N) is 1. The number of nitrogens with one attached hydrogen (secondary N) is 1. The van der Waals surface area contributed by atoms with Gasteiger partial charge in [0.25, 0.3) is 0 Å². The van der Waals surface area contributed by atoms with Crippen LogP contribution in [0.2, 0.25) is 0 Å². The molecule has 0 amide bonds. The molecule has 1 aromatic carbocycles. The Hall–Kier alpha value is -2.37. The maximum atomic E-state index is 5.95. The number of hydrogen-bond donors (Lipinski definition) is 3. The van der Waals surface area contributed by atoms with Crippen LogP contribution >= 0.6 is 0 Å². The summed E-state index contributed by atoms with van der Waals surface area (Å²) in [5, 5.41) is 1.03. The molecule has 5 nitrogen and oxygen atoms in total. The second-order valence-corrected chi connectivity index (χ2v) is 4.29. The van der Waals surface area contributed by atoms with Crippen LogP contribution in [0.3, 0.4) is 0 Å². The van der Waals surface area contributed by atoms with Gasteiger partial charge in [-0.1, -0.05) is 18.2 Å². The van der Waals surface area contributed by atoms with Gasteiger partial charge in [0.15, 0.2) is 0 Å². The van der Waals surface area contributed by atoms with Crippen LogP contribution in [0.5, 0.6) is 0 Å². The number of pyridine rings is 1. The van der Waals surface area contributed by atoms with Crippen molar-refractivity contribution in [1.82, 2.24) is 10.4 Å². The third-order valence-electron chi connectivity index (χ3n) is 3.09. The van der Waals surface area contributed by atoms with Crippen LogP contribution in [0.15, 0.2) is 53.2 Å². The van der Waals surface area contributed by atoms with E-state index in [0.717, 1.165) is 16.5 Å². The van der Waals surface area contributed by atoms with Crippen molar-refractivity contribution in [3.63, 3.8) is 0 Å². The van der Waals surface area contributed by atoms with Crippen LogP contribution in [0.4, 0.5) is 5.69 Å². The number of fused-ring (bicyclic) bond motifs is 1. The van der Waals surface area contributed by atoms with Gasteiger partial charge in [-0.25, -0.2) is 5.43 Å². The van der Waals surface area contributed by atoms with Crippen LogP contribution in [-0.2, 0) is 0 Å². The van der Waals surface area contributed by atoms with Gasteiger partial charge < -0.3 is 10.2 Å². The van der Waals surface area contributed by atoms with Gasteiger partial charge in [0.05, 0.1) is 0 Å².